The van der Waals surface area contributed by atoms with Crippen molar-refractivity contribution in [1.29, 1.82) is 0 Å². The Morgan fingerprint density at radius 1 is 1.00 bits per heavy atom. The minimum Gasteiger partial charge on any atom is -0.467 e. The van der Waals surface area contributed by atoms with Crippen molar-refractivity contribution in [2.75, 3.05) is 4.90 Å². The second kappa shape index (κ2) is 8.52. The molecule has 1 aromatic carbocycles. The van der Waals surface area contributed by atoms with Gasteiger partial charge in [0.15, 0.2) is 5.11 Å². The molecule has 0 radical (unpaired) electrons. The SMILES string of the molecule is Cc1ccc(N2C(=S)NC(c3ccccn3)C2c2cc(C)n(Cc3ccco3)c2C)cc1C. The molecule has 6 heteroatoms. The van der Waals surface area contributed by atoms with E-state index in [1.54, 1.807) is 6.26 Å². The van der Waals surface area contributed by atoms with Crippen LogP contribution in [0.2, 0.25) is 0 Å². The third kappa shape index (κ3) is 3.85. The van der Waals surface area contributed by atoms with Gasteiger partial charge < -0.3 is 19.2 Å². The van der Waals surface area contributed by atoms with Gasteiger partial charge in [0.05, 0.1) is 30.6 Å². The van der Waals surface area contributed by atoms with Gasteiger partial charge in [0, 0.05) is 23.3 Å². The summed E-state index contributed by atoms with van der Waals surface area (Å²) in [5.74, 6) is 0.940. The summed E-state index contributed by atoms with van der Waals surface area (Å²) in [6.45, 7) is 9.31. The molecule has 0 amide bonds. The molecule has 0 saturated carbocycles. The Kier molecular flexibility index (Phi) is 5.54. The standard InChI is InChI=1S/C27H28N4OS/c1-17-10-11-21(14-18(17)2)31-26(25(29-27(31)33)24-9-5-6-12-28-24)23-15-19(3)30(20(23)4)16-22-8-7-13-32-22/h5-15,25-26H,16H2,1-4H3,(H,29,33). The van der Waals surface area contributed by atoms with E-state index in [1.807, 2.05) is 30.5 Å². The molecular weight excluding hydrogens is 428 g/mol. The molecule has 33 heavy (non-hydrogen) atoms. The van der Waals surface area contributed by atoms with Gasteiger partial charge in [-0.2, -0.15) is 0 Å². The fourth-order valence-electron chi connectivity index (χ4n) is 4.75. The zero-order valence-electron chi connectivity index (χ0n) is 19.4. The van der Waals surface area contributed by atoms with Gasteiger partial charge in [-0.1, -0.05) is 12.1 Å². The van der Waals surface area contributed by atoms with Crippen LogP contribution >= 0.6 is 12.2 Å². The first kappa shape index (κ1) is 21.5. The molecule has 2 atom stereocenters. The largest absolute Gasteiger partial charge is 0.467 e. The van der Waals surface area contributed by atoms with Crippen molar-refractivity contribution in [3.05, 3.63) is 107 Å². The monoisotopic (exact) mass is 456 g/mol. The van der Waals surface area contributed by atoms with E-state index < -0.39 is 0 Å². The fourth-order valence-corrected chi connectivity index (χ4v) is 5.10. The molecule has 4 aromatic rings. The Bertz CT molecular complexity index is 1290. The van der Waals surface area contributed by atoms with Gasteiger partial charge in [-0.3, -0.25) is 4.98 Å². The summed E-state index contributed by atoms with van der Waals surface area (Å²) in [5.41, 5.74) is 8.22. The Labute approximate surface area is 200 Å². The summed E-state index contributed by atoms with van der Waals surface area (Å²) >= 11 is 5.89. The first-order valence-electron chi connectivity index (χ1n) is 11.2. The van der Waals surface area contributed by atoms with Crippen LogP contribution in [0.15, 0.2) is 71.5 Å². The van der Waals surface area contributed by atoms with E-state index in [-0.39, 0.29) is 12.1 Å². The van der Waals surface area contributed by atoms with Gasteiger partial charge in [-0.25, -0.2) is 0 Å². The number of nitrogens with one attached hydrogen (secondary N) is 1. The van der Waals surface area contributed by atoms with Crippen LogP contribution in [0.1, 0.15) is 51.6 Å². The Hall–Kier alpha value is -3.38. The maximum Gasteiger partial charge on any atom is 0.174 e. The summed E-state index contributed by atoms with van der Waals surface area (Å²) in [5, 5.41) is 4.29. The molecule has 1 aliphatic heterocycles. The van der Waals surface area contributed by atoms with Crippen molar-refractivity contribution in [2.45, 2.75) is 46.3 Å². The van der Waals surface area contributed by atoms with Gasteiger partial charge >= 0.3 is 0 Å². The molecule has 4 heterocycles. The number of aromatic nitrogens is 2. The molecule has 2 unspecified atom stereocenters. The smallest absolute Gasteiger partial charge is 0.174 e. The number of hydrogen-bond acceptors (Lipinski definition) is 3. The average molecular weight is 457 g/mol. The second-order valence-electron chi connectivity index (χ2n) is 8.76. The molecule has 168 valence electrons. The lowest BCUT2D eigenvalue weighted by Crippen LogP contribution is -2.29. The average Bonchev–Trinajstić information content (AvgIpc) is 3.51. The van der Waals surface area contributed by atoms with Crippen molar-refractivity contribution in [3.63, 3.8) is 0 Å². The van der Waals surface area contributed by atoms with E-state index in [2.05, 4.69) is 77.8 Å². The number of anilines is 1. The van der Waals surface area contributed by atoms with Crippen LogP contribution in [0.4, 0.5) is 5.69 Å². The molecule has 1 aliphatic rings. The first-order chi connectivity index (χ1) is 15.9. The van der Waals surface area contributed by atoms with Crippen LogP contribution in [-0.2, 0) is 6.54 Å². The van der Waals surface area contributed by atoms with E-state index in [4.69, 9.17) is 16.6 Å². The van der Waals surface area contributed by atoms with E-state index in [0.29, 0.717) is 6.54 Å². The third-order valence-electron chi connectivity index (χ3n) is 6.69. The quantitative estimate of drug-likeness (QED) is 0.377. The van der Waals surface area contributed by atoms with Gasteiger partial charge in [0.1, 0.15) is 5.76 Å². The van der Waals surface area contributed by atoms with Gasteiger partial charge in [-0.15, -0.1) is 0 Å². The van der Waals surface area contributed by atoms with Gasteiger partial charge in [0.25, 0.3) is 0 Å². The number of hydrogen-bond donors (Lipinski definition) is 1. The van der Waals surface area contributed by atoms with Crippen molar-refractivity contribution in [1.82, 2.24) is 14.9 Å². The lowest BCUT2D eigenvalue weighted by molar-refractivity contribution is 0.488. The van der Waals surface area contributed by atoms with E-state index in [0.717, 1.165) is 22.3 Å². The molecule has 1 saturated heterocycles. The number of pyridine rings is 1. The highest BCUT2D eigenvalue weighted by Crippen LogP contribution is 2.43. The topological polar surface area (TPSA) is 46.2 Å². The summed E-state index contributed by atoms with van der Waals surface area (Å²) in [4.78, 5) is 6.93. The minimum atomic E-state index is -0.0575. The molecule has 3 aromatic heterocycles. The third-order valence-corrected chi connectivity index (χ3v) is 7.01. The maximum absolute atomic E-state index is 5.89. The van der Waals surface area contributed by atoms with Crippen LogP contribution in [0.3, 0.4) is 0 Å². The highest BCUT2D eigenvalue weighted by Gasteiger charge is 2.42. The molecule has 0 spiro atoms. The summed E-state index contributed by atoms with van der Waals surface area (Å²) in [6.07, 6.45) is 3.57. The minimum absolute atomic E-state index is 0.0222. The van der Waals surface area contributed by atoms with Gasteiger partial charge in [0.2, 0.25) is 0 Å². The van der Waals surface area contributed by atoms with Crippen LogP contribution in [0.5, 0.6) is 0 Å². The summed E-state index contributed by atoms with van der Waals surface area (Å²) in [6, 6.07) is 18.7. The predicted molar refractivity (Wildman–Crippen MR) is 136 cm³/mol. The number of nitrogens with zero attached hydrogens (tertiary/aromatic N) is 3. The molecule has 0 aliphatic carbocycles. The lowest BCUT2D eigenvalue weighted by Gasteiger charge is -2.28. The Morgan fingerprint density at radius 2 is 1.85 bits per heavy atom. The Morgan fingerprint density at radius 3 is 2.55 bits per heavy atom. The number of aryl methyl sites for hydroxylation is 3. The van der Waals surface area contributed by atoms with Crippen molar-refractivity contribution < 1.29 is 4.42 Å². The molecule has 0 bridgehead atoms. The van der Waals surface area contributed by atoms with E-state index in [9.17, 15) is 0 Å². The molecule has 5 rings (SSSR count). The second-order valence-corrected chi connectivity index (χ2v) is 9.14. The van der Waals surface area contributed by atoms with Crippen LogP contribution in [-0.4, -0.2) is 14.7 Å². The highest BCUT2D eigenvalue weighted by molar-refractivity contribution is 7.80. The number of furan rings is 1. The number of thiocarbonyl (C=S) groups is 1. The van der Waals surface area contributed by atoms with Crippen molar-refractivity contribution in [2.24, 2.45) is 0 Å². The van der Waals surface area contributed by atoms with E-state index >= 15 is 0 Å². The fraction of sp³-hybridized carbons (Fsp3) is 0.259. The predicted octanol–water partition coefficient (Wildman–Crippen LogP) is 5.94. The zero-order chi connectivity index (χ0) is 23.1. The van der Waals surface area contributed by atoms with Crippen molar-refractivity contribution in [3.8, 4) is 0 Å². The normalized spacial score (nSPS) is 18.1. The number of rotatable bonds is 5. The maximum atomic E-state index is 5.89. The molecule has 5 nitrogen and oxygen atoms in total. The lowest BCUT2D eigenvalue weighted by atomic mass is 9.96. The Balaban J connectivity index is 1.64. The van der Waals surface area contributed by atoms with E-state index in [1.165, 1.54) is 28.1 Å². The molecule has 1 fully saturated rings. The van der Waals surface area contributed by atoms with Crippen LogP contribution in [0, 0.1) is 27.7 Å². The molecule has 1 N–H and O–H groups in total. The highest BCUT2D eigenvalue weighted by atomic mass is 32.1. The van der Waals surface area contributed by atoms with Crippen molar-refractivity contribution >= 4 is 23.0 Å². The zero-order valence-corrected chi connectivity index (χ0v) is 20.2. The van der Waals surface area contributed by atoms with Gasteiger partial charge in [-0.05, 0) is 99.1 Å². The first-order valence-corrected chi connectivity index (χ1v) is 11.6. The molecular formula is C27H28N4OS. The summed E-state index contributed by atoms with van der Waals surface area (Å²) < 4.78 is 7.94. The van der Waals surface area contributed by atoms with Crippen LogP contribution in [0.25, 0.3) is 0 Å². The number of benzene rings is 1. The van der Waals surface area contributed by atoms with Crippen LogP contribution < -0.4 is 10.2 Å². The summed E-state index contributed by atoms with van der Waals surface area (Å²) in [7, 11) is 0.